The third kappa shape index (κ3) is 13.0. The van der Waals surface area contributed by atoms with E-state index in [1.807, 2.05) is 0 Å². The fourth-order valence-electron chi connectivity index (χ4n) is 0. The molecule has 3 heteroatoms. The Bertz CT molecular complexity index is 29.5. The Morgan fingerprint density at radius 1 is 1.75 bits per heavy atom. The second-order valence-electron chi connectivity index (χ2n) is 0.100. The van der Waals surface area contributed by atoms with Gasteiger partial charge >= 0.3 is 52.4 Å². The van der Waals surface area contributed by atoms with Crippen molar-refractivity contribution in [3.05, 3.63) is 0 Å². The summed E-state index contributed by atoms with van der Waals surface area (Å²) in [5.74, 6) is 0. The van der Waals surface area contributed by atoms with Gasteiger partial charge in [0.15, 0.2) is 0 Å². The van der Waals surface area contributed by atoms with Crippen LogP contribution in [0.1, 0.15) is 0 Å². The van der Waals surface area contributed by atoms with Gasteiger partial charge in [-0.25, -0.2) is 0 Å². The quantitative estimate of drug-likeness (QED) is 0.483. The summed E-state index contributed by atoms with van der Waals surface area (Å²) in [6, 6.07) is 0. The standard InChI is InChI=1S/CHNSe.Bi.3H/c2-1-3;;;;/h3H;;;;. The second kappa shape index (κ2) is 9.09. The average Bonchev–Trinajstić information content (AvgIpc) is 0.918. The molecule has 0 aromatic rings. The van der Waals surface area contributed by atoms with Crippen molar-refractivity contribution in [2.24, 2.45) is 0 Å². The first kappa shape index (κ1) is 8.86. The van der Waals surface area contributed by atoms with Crippen LogP contribution in [0.4, 0.5) is 0 Å². The number of nitrogens with zero attached hydrogens (tertiary/aromatic N) is 1. The molecule has 24 valence electrons. The number of nitriles is 1. The maximum atomic E-state index is 7.29. The third-order valence-electron chi connectivity index (χ3n) is 0. The van der Waals surface area contributed by atoms with E-state index < -0.39 is 0 Å². The summed E-state index contributed by atoms with van der Waals surface area (Å²) in [6.45, 7) is 0. The number of hydrogen-bond donors (Lipinski definition) is 0. The van der Waals surface area contributed by atoms with Crippen molar-refractivity contribution in [2.75, 3.05) is 0 Å². The molecule has 0 N–H and O–H groups in total. The van der Waals surface area contributed by atoms with E-state index in [0.717, 1.165) is 0 Å². The minimum atomic E-state index is 0. The van der Waals surface area contributed by atoms with Crippen LogP contribution in [0, 0.1) is 10.2 Å². The summed E-state index contributed by atoms with van der Waals surface area (Å²) < 4.78 is 0. The maximum absolute atomic E-state index is 7.29. The summed E-state index contributed by atoms with van der Waals surface area (Å²) in [5.41, 5.74) is 0. The van der Waals surface area contributed by atoms with E-state index in [1.165, 1.54) is 0 Å². The third-order valence-corrected chi connectivity index (χ3v) is 0. The Labute approximate surface area is 52.3 Å². The molecule has 0 bridgehead atoms. The molecule has 0 rings (SSSR count). The van der Waals surface area contributed by atoms with E-state index in [0.29, 0.717) is 0 Å². The summed E-state index contributed by atoms with van der Waals surface area (Å²) in [7, 11) is 0. The van der Waals surface area contributed by atoms with E-state index in [4.69, 9.17) is 5.26 Å². The van der Waals surface area contributed by atoms with Crippen molar-refractivity contribution in [3.8, 4) is 4.97 Å². The fraction of sp³-hybridized carbons (Fsp3) is 0. The Morgan fingerprint density at radius 3 is 1.75 bits per heavy atom. The van der Waals surface area contributed by atoms with E-state index in [-0.39, 0.29) is 26.2 Å². The number of hydrogen-bond acceptors (Lipinski definition) is 1. The van der Waals surface area contributed by atoms with Crippen molar-refractivity contribution in [1.29, 1.82) is 5.26 Å². The predicted octanol–water partition coefficient (Wildman–Crippen LogP) is -1.82. The Balaban J connectivity index is 0. The molecule has 0 aromatic carbocycles. The van der Waals surface area contributed by atoms with E-state index >= 15 is 0 Å². The van der Waals surface area contributed by atoms with Gasteiger partial charge in [-0.3, -0.25) is 0 Å². The first-order valence-corrected chi connectivity index (χ1v) is 1.39. The van der Waals surface area contributed by atoms with Crippen LogP contribution in [-0.2, 0) is 0 Å². The zero-order valence-electron chi connectivity index (χ0n) is 2.10. The average molecular weight is 318 g/mol. The normalized spacial score (nSPS) is 2.00. The van der Waals surface area contributed by atoms with Gasteiger partial charge < -0.3 is 0 Å². The van der Waals surface area contributed by atoms with Gasteiger partial charge in [0.05, 0.1) is 0 Å². The van der Waals surface area contributed by atoms with Crippen molar-refractivity contribution in [3.63, 3.8) is 0 Å². The molecule has 4 heavy (non-hydrogen) atoms. The van der Waals surface area contributed by atoms with Crippen LogP contribution in [0.3, 0.4) is 0 Å². The Morgan fingerprint density at radius 2 is 1.75 bits per heavy atom. The molecule has 0 saturated carbocycles. The van der Waals surface area contributed by atoms with E-state index in [1.54, 1.807) is 21.0 Å². The van der Waals surface area contributed by atoms with Crippen LogP contribution in [0.5, 0.6) is 0 Å². The van der Waals surface area contributed by atoms with E-state index in [9.17, 15) is 0 Å². The van der Waals surface area contributed by atoms with Gasteiger partial charge in [0.2, 0.25) is 0 Å². The molecule has 0 atom stereocenters. The molecule has 0 amide bonds. The van der Waals surface area contributed by atoms with Crippen LogP contribution in [0.15, 0.2) is 0 Å². The molecule has 0 aromatic heterocycles. The molecule has 1 nitrogen and oxygen atoms in total. The van der Waals surface area contributed by atoms with Crippen molar-refractivity contribution < 1.29 is 0 Å². The van der Waals surface area contributed by atoms with Gasteiger partial charge in [-0.05, 0) is 0 Å². The van der Waals surface area contributed by atoms with Gasteiger partial charge in [0, 0.05) is 0 Å². The number of rotatable bonds is 0. The molecule has 0 aliphatic carbocycles. The molecule has 0 saturated heterocycles. The van der Waals surface area contributed by atoms with Crippen molar-refractivity contribution in [2.45, 2.75) is 0 Å². The van der Waals surface area contributed by atoms with Gasteiger partial charge in [0.25, 0.3) is 0 Å². The van der Waals surface area contributed by atoms with Crippen molar-refractivity contribution in [1.82, 2.24) is 0 Å². The Kier molecular flexibility index (Phi) is 20.1. The van der Waals surface area contributed by atoms with Gasteiger partial charge in [0.1, 0.15) is 0 Å². The fourth-order valence-corrected chi connectivity index (χ4v) is 0. The minimum absolute atomic E-state index is 0. The molecule has 0 unspecified atom stereocenters. The molecular formula is CH4BiNSe. The van der Waals surface area contributed by atoms with Crippen LogP contribution in [0.25, 0.3) is 0 Å². The summed E-state index contributed by atoms with van der Waals surface area (Å²) in [5, 5.41) is 7.29. The summed E-state index contributed by atoms with van der Waals surface area (Å²) in [6.07, 6.45) is 0. The van der Waals surface area contributed by atoms with Crippen molar-refractivity contribution >= 4 is 42.2 Å². The molecule has 0 aliphatic heterocycles. The van der Waals surface area contributed by atoms with Crippen LogP contribution < -0.4 is 0 Å². The molecule has 0 spiro atoms. The zero-order valence-corrected chi connectivity index (χ0v) is 9.48. The van der Waals surface area contributed by atoms with Crippen LogP contribution in [-0.4, -0.2) is 42.2 Å². The molecule has 0 aliphatic rings. The Hall–Kier alpha value is 0.893. The monoisotopic (exact) mass is 319 g/mol. The topological polar surface area (TPSA) is 23.8 Å². The first-order chi connectivity index (χ1) is 1.41. The van der Waals surface area contributed by atoms with Gasteiger partial charge in [-0.2, -0.15) is 0 Å². The second-order valence-corrected chi connectivity index (χ2v) is 0.520. The predicted molar refractivity (Wildman–Crippen MR) is 22.7 cm³/mol. The SMILES string of the molecule is N#C[SeH].[BiH3]. The molecule has 0 heterocycles. The van der Waals surface area contributed by atoms with Crippen LogP contribution in [0.2, 0.25) is 0 Å². The molecule has 0 fully saturated rings. The zero-order chi connectivity index (χ0) is 2.71. The van der Waals surface area contributed by atoms with E-state index in [2.05, 4.69) is 0 Å². The molecule has 0 radical (unpaired) electrons. The first-order valence-electron chi connectivity index (χ1n) is 0.447. The molecular weight excluding hydrogens is 314 g/mol. The van der Waals surface area contributed by atoms with Gasteiger partial charge in [-0.1, -0.05) is 0 Å². The summed E-state index contributed by atoms with van der Waals surface area (Å²) >= 11 is 1.77. The van der Waals surface area contributed by atoms with Gasteiger partial charge in [-0.15, -0.1) is 0 Å². The summed E-state index contributed by atoms with van der Waals surface area (Å²) in [4.78, 5) is 1.69. The van der Waals surface area contributed by atoms with Crippen LogP contribution >= 0.6 is 0 Å².